The predicted octanol–water partition coefficient (Wildman–Crippen LogP) is 7.12. The van der Waals surface area contributed by atoms with E-state index in [1.165, 1.54) is 105 Å². The van der Waals surface area contributed by atoms with E-state index in [1.54, 1.807) is 0 Å². The third-order valence-corrected chi connectivity index (χ3v) is 20.5. The lowest BCUT2D eigenvalue weighted by Gasteiger charge is -2.31. The van der Waals surface area contributed by atoms with E-state index in [4.69, 9.17) is 24.9 Å². The minimum Gasteiger partial charge on any atom is -0.379 e. The number of aromatic amines is 1. The molecule has 5 heterocycles. The van der Waals surface area contributed by atoms with Gasteiger partial charge >= 0.3 is 0 Å². The number of ether oxygens (including phenoxy) is 3. The third-order valence-electron chi connectivity index (χ3n) is 16.1. The summed E-state index contributed by atoms with van der Waals surface area (Å²) in [4.78, 5) is 13.5. The van der Waals surface area contributed by atoms with Crippen LogP contribution in [0.4, 0.5) is 23.3 Å². The van der Waals surface area contributed by atoms with Crippen molar-refractivity contribution in [1.29, 1.82) is 0 Å². The predicted molar refractivity (Wildman–Crippen MR) is 285 cm³/mol. The number of hydrogen-bond donors (Lipinski definition) is 3. The number of halogens is 1. The van der Waals surface area contributed by atoms with Gasteiger partial charge in [0, 0.05) is 88.1 Å². The van der Waals surface area contributed by atoms with Crippen LogP contribution in [-0.2, 0) is 91.4 Å². The average Bonchev–Trinajstić information content (AvgIpc) is 4.22. The summed E-state index contributed by atoms with van der Waals surface area (Å²) in [5.41, 5.74) is 13.2. The molecule has 5 aliphatic carbocycles. The fourth-order valence-corrected chi connectivity index (χ4v) is 14.9. The largest absolute Gasteiger partial charge is 0.379 e. The van der Waals surface area contributed by atoms with E-state index < -0.39 is 32.3 Å². The number of hydrogen-bond acceptors (Lipinski definition) is 15. The standard InChI is InChI=1S/C22H30N6O3S.C20H29ClN4O3SSi.C9H17NO/c29-32(30,28-8-7-17(14-28)27-9-11-31-12-10-27)22-24-21(25-26-22)23-20-18-5-1-3-15(18)13-16-4-2-6-19(16)20;1-30(2,3)11-10-28-13-25-19(23-20(24-25)29(21,26)27)22-18-16-8-4-6-14(16)12-15-7-5-9-17(15)18;1-2-4-9(3-1)10-5-7-11-8-6-10/h13,17H,1-12,14H2,(H2,23,24,25,26);12H,4-11,13H2,1-3H3,(H,22,23,24);9H,1-8H2. The van der Waals surface area contributed by atoms with Crippen molar-refractivity contribution >= 4 is 61.1 Å². The molecule has 4 aromatic rings. The van der Waals surface area contributed by atoms with Crippen LogP contribution in [0.1, 0.15) is 102 Å². The number of aromatic nitrogens is 6. The molecule has 4 fully saturated rings. The lowest BCUT2D eigenvalue weighted by atomic mass is 9.99. The molecule has 0 bridgehead atoms. The zero-order chi connectivity index (χ0) is 50.7. The molecule has 12 rings (SSSR count). The van der Waals surface area contributed by atoms with Crippen LogP contribution in [-0.4, -0.2) is 153 Å². The minimum absolute atomic E-state index is 0.0770. The highest BCUT2D eigenvalue weighted by Gasteiger charge is 2.38. The van der Waals surface area contributed by atoms with Crippen molar-refractivity contribution in [2.45, 2.75) is 164 Å². The second kappa shape index (κ2) is 23.0. The van der Waals surface area contributed by atoms with Gasteiger partial charge in [-0.3, -0.25) is 9.80 Å². The molecule has 0 radical (unpaired) electrons. The smallest absolute Gasteiger partial charge is 0.298 e. The Balaban J connectivity index is 0.000000139. The number of morpholine rings is 2. The number of nitrogens with zero attached hydrogens (tertiary/aromatic N) is 8. The second-order valence-corrected chi connectivity index (χ2v) is 32.2. The molecule has 400 valence electrons. The number of sulfonamides is 1. The summed E-state index contributed by atoms with van der Waals surface area (Å²) >= 11 is 0. The van der Waals surface area contributed by atoms with Gasteiger partial charge in [-0.1, -0.05) is 44.6 Å². The maximum absolute atomic E-state index is 13.2. The summed E-state index contributed by atoms with van der Waals surface area (Å²) < 4.78 is 69.7. The van der Waals surface area contributed by atoms with Crippen molar-refractivity contribution in [3.05, 3.63) is 56.6 Å². The fraction of sp³-hybridized carbons (Fsp3) is 0.686. The maximum Gasteiger partial charge on any atom is 0.298 e. The maximum atomic E-state index is 13.2. The van der Waals surface area contributed by atoms with Gasteiger partial charge in [-0.25, -0.2) is 26.6 Å². The van der Waals surface area contributed by atoms with Crippen LogP contribution >= 0.6 is 10.7 Å². The van der Waals surface area contributed by atoms with Crippen molar-refractivity contribution in [3.8, 4) is 0 Å². The molecular weight excluding hydrogens is 1010 g/mol. The van der Waals surface area contributed by atoms with Gasteiger partial charge < -0.3 is 24.8 Å². The van der Waals surface area contributed by atoms with Gasteiger partial charge in [0.05, 0.1) is 26.4 Å². The number of aryl methyl sites for hydroxylation is 4. The molecule has 3 N–H and O–H groups in total. The topological polar surface area (TPSA) is 202 Å². The molecule has 3 aliphatic heterocycles. The van der Waals surface area contributed by atoms with E-state index in [-0.39, 0.29) is 17.9 Å². The van der Waals surface area contributed by atoms with Gasteiger partial charge in [0.2, 0.25) is 11.9 Å². The molecule has 3 saturated heterocycles. The minimum atomic E-state index is -4.03. The molecule has 0 amide bonds. The lowest BCUT2D eigenvalue weighted by molar-refractivity contribution is 0.0180. The Morgan fingerprint density at radius 2 is 1.21 bits per heavy atom. The Morgan fingerprint density at radius 3 is 1.73 bits per heavy atom. The van der Waals surface area contributed by atoms with E-state index >= 15 is 0 Å². The Hall–Kier alpha value is -3.51. The van der Waals surface area contributed by atoms with E-state index in [0.717, 1.165) is 120 Å². The highest BCUT2D eigenvalue weighted by atomic mass is 35.7. The molecule has 18 nitrogen and oxygen atoms in total. The summed E-state index contributed by atoms with van der Waals surface area (Å²) in [5, 5.41) is 17.4. The zero-order valence-electron chi connectivity index (χ0n) is 43.2. The number of nitrogens with one attached hydrogen (secondary N) is 3. The molecular formula is C51H76ClN11O7S2Si. The first-order chi connectivity index (χ1) is 35.2. The summed E-state index contributed by atoms with van der Waals surface area (Å²) in [6.45, 7) is 16.0. The van der Waals surface area contributed by atoms with E-state index in [9.17, 15) is 16.8 Å². The van der Waals surface area contributed by atoms with Crippen LogP contribution in [0.5, 0.6) is 0 Å². The van der Waals surface area contributed by atoms with Crippen molar-refractivity contribution in [2.75, 3.05) is 82.9 Å². The van der Waals surface area contributed by atoms with Crippen molar-refractivity contribution < 1.29 is 31.0 Å². The Bertz CT molecular complexity index is 2740. The van der Waals surface area contributed by atoms with Gasteiger partial charge in [-0.2, -0.15) is 14.3 Å². The van der Waals surface area contributed by atoms with Crippen molar-refractivity contribution in [1.82, 2.24) is 44.1 Å². The van der Waals surface area contributed by atoms with Gasteiger partial charge in [-0.05, 0) is 147 Å². The lowest BCUT2D eigenvalue weighted by Crippen LogP contribution is -2.45. The fourth-order valence-electron chi connectivity index (χ4n) is 12.2. The summed E-state index contributed by atoms with van der Waals surface area (Å²) in [6.07, 6.45) is 19.8. The molecule has 73 heavy (non-hydrogen) atoms. The molecule has 8 aliphatic rings. The highest BCUT2D eigenvalue weighted by molar-refractivity contribution is 8.13. The molecule has 1 saturated carbocycles. The van der Waals surface area contributed by atoms with Crippen LogP contribution < -0.4 is 10.6 Å². The van der Waals surface area contributed by atoms with Gasteiger partial charge in [0.15, 0.2) is 0 Å². The summed E-state index contributed by atoms with van der Waals surface area (Å²) in [5.74, 6) is 0.693. The molecule has 0 spiro atoms. The normalized spacial score (nSPS) is 21.6. The monoisotopic (exact) mass is 1080 g/mol. The van der Waals surface area contributed by atoms with Crippen LogP contribution in [0.3, 0.4) is 0 Å². The van der Waals surface area contributed by atoms with Crippen molar-refractivity contribution in [2.24, 2.45) is 0 Å². The number of benzene rings is 2. The zero-order valence-corrected chi connectivity index (χ0v) is 46.5. The summed E-state index contributed by atoms with van der Waals surface area (Å²) in [6, 6.07) is 6.89. The molecule has 22 heteroatoms. The van der Waals surface area contributed by atoms with Gasteiger partial charge in [0.25, 0.3) is 29.4 Å². The van der Waals surface area contributed by atoms with E-state index in [0.29, 0.717) is 44.8 Å². The van der Waals surface area contributed by atoms with E-state index in [2.05, 4.69) is 77.5 Å². The van der Waals surface area contributed by atoms with Crippen LogP contribution in [0, 0.1) is 0 Å². The number of H-pyrrole nitrogens is 1. The quantitative estimate of drug-likeness (QED) is 0.0654. The van der Waals surface area contributed by atoms with Crippen molar-refractivity contribution in [3.63, 3.8) is 0 Å². The molecule has 1 unspecified atom stereocenters. The SMILES string of the molecule is C1CCC(N2CCOCC2)C1.C[Si](C)(C)CCOCn1nc(S(=O)(=O)Cl)nc1Nc1c2c(cc3c1CCC3)CCC2.O=S(=O)(c1nc(Nc2c3c(cc4c2CCC4)CCC3)n[nH]1)N1CCC(N2CCOCC2)C1. The second-order valence-electron chi connectivity index (χ2n) is 22.2. The highest BCUT2D eigenvalue weighted by Crippen LogP contribution is 2.41. The number of anilines is 4. The first kappa shape index (κ1) is 52.9. The molecule has 2 aromatic heterocycles. The third kappa shape index (κ3) is 12.5. The molecule has 2 aromatic carbocycles. The van der Waals surface area contributed by atoms with Gasteiger partial charge in [0.1, 0.15) is 6.73 Å². The van der Waals surface area contributed by atoms with Crippen LogP contribution in [0.15, 0.2) is 22.4 Å². The Labute approximate surface area is 437 Å². The van der Waals surface area contributed by atoms with Gasteiger partial charge in [-0.15, -0.1) is 10.2 Å². The number of fused-ring (bicyclic) bond motifs is 4. The van der Waals surface area contributed by atoms with Crippen LogP contribution in [0.2, 0.25) is 25.7 Å². The van der Waals surface area contributed by atoms with Crippen LogP contribution in [0.25, 0.3) is 0 Å². The average molecular weight is 1080 g/mol. The summed E-state index contributed by atoms with van der Waals surface area (Å²) in [7, 11) is -3.43. The first-order valence-corrected chi connectivity index (χ1v) is 34.5. The number of rotatable bonds is 14. The van der Waals surface area contributed by atoms with E-state index in [1.807, 2.05) is 0 Å². The Morgan fingerprint density at radius 1 is 0.685 bits per heavy atom. The molecule has 1 atom stereocenters. The first-order valence-electron chi connectivity index (χ1n) is 27.1. The Kier molecular flexibility index (Phi) is 16.7.